The first-order valence-electron chi connectivity index (χ1n) is 7.95. The van der Waals surface area contributed by atoms with Gasteiger partial charge in [-0.15, -0.1) is 0 Å². The minimum Gasteiger partial charge on any atom is -0.342 e. The first kappa shape index (κ1) is 16.6. The molecule has 3 amide bonds. The summed E-state index contributed by atoms with van der Waals surface area (Å²) in [5, 5.41) is 3.56. The largest absolute Gasteiger partial charge is 0.342 e. The van der Waals surface area contributed by atoms with Crippen molar-refractivity contribution in [1.82, 2.24) is 25.1 Å². The number of hydrogen-bond donors (Lipinski definition) is 2. The summed E-state index contributed by atoms with van der Waals surface area (Å²) < 4.78 is 0. The number of imidazole rings is 1. The van der Waals surface area contributed by atoms with Gasteiger partial charge in [0.1, 0.15) is 5.82 Å². The number of carbonyl (C=O) groups is 2. The van der Waals surface area contributed by atoms with Gasteiger partial charge in [0, 0.05) is 51.1 Å². The highest BCUT2D eigenvalue weighted by Crippen LogP contribution is 2.17. The van der Waals surface area contributed by atoms with Gasteiger partial charge in [-0.2, -0.15) is 0 Å². The number of fused-ring (bicyclic) bond motifs is 1. The zero-order chi connectivity index (χ0) is 17.1. The summed E-state index contributed by atoms with van der Waals surface area (Å²) in [5.74, 6) is 0.869. The Hall–Kier alpha value is -2.28. The molecule has 8 heteroatoms. The van der Waals surface area contributed by atoms with E-state index in [1.807, 2.05) is 12.1 Å². The number of amides is 3. The predicted octanol–water partition coefficient (Wildman–Crippen LogP) is 1.63. The van der Waals surface area contributed by atoms with Gasteiger partial charge < -0.3 is 20.1 Å². The van der Waals surface area contributed by atoms with Crippen LogP contribution in [-0.2, 0) is 11.2 Å². The second kappa shape index (κ2) is 7.09. The number of rotatable bonds is 3. The molecule has 24 heavy (non-hydrogen) atoms. The van der Waals surface area contributed by atoms with Crippen LogP contribution < -0.4 is 5.32 Å². The van der Waals surface area contributed by atoms with Crippen molar-refractivity contribution in [2.24, 2.45) is 0 Å². The Labute approximate surface area is 145 Å². The van der Waals surface area contributed by atoms with Gasteiger partial charge >= 0.3 is 6.03 Å². The van der Waals surface area contributed by atoms with Crippen LogP contribution in [0.5, 0.6) is 0 Å². The molecule has 1 aliphatic rings. The molecule has 0 spiro atoms. The Morgan fingerprint density at radius 1 is 1.25 bits per heavy atom. The maximum Gasteiger partial charge on any atom is 0.317 e. The summed E-state index contributed by atoms with van der Waals surface area (Å²) in [6.45, 7) is 4.36. The lowest BCUT2D eigenvalue weighted by atomic mass is 10.3. The van der Waals surface area contributed by atoms with E-state index in [0.717, 1.165) is 16.9 Å². The fourth-order valence-corrected chi connectivity index (χ4v) is 2.95. The molecule has 0 bridgehead atoms. The molecule has 7 nitrogen and oxygen atoms in total. The third-order valence-corrected chi connectivity index (χ3v) is 4.38. The van der Waals surface area contributed by atoms with Crippen molar-refractivity contribution in [2.45, 2.75) is 13.3 Å². The van der Waals surface area contributed by atoms with Crippen LogP contribution in [0.1, 0.15) is 12.7 Å². The van der Waals surface area contributed by atoms with Crippen LogP contribution in [0.15, 0.2) is 18.2 Å². The molecule has 2 heterocycles. The maximum atomic E-state index is 12.1. The summed E-state index contributed by atoms with van der Waals surface area (Å²) in [7, 11) is 0. The third-order valence-electron chi connectivity index (χ3n) is 4.14. The number of H-pyrrole nitrogens is 1. The number of hydrogen-bond acceptors (Lipinski definition) is 3. The summed E-state index contributed by atoms with van der Waals surface area (Å²) in [6.07, 6.45) is 0.617. The number of nitrogens with one attached hydrogen (secondary N) is 2. The standard InChI is InChI=1S/C16H20ClN5O2/c1-11(23)21-6-8-22(9-7-21)16(24)18-5-4-15-19-13-3-2-12(17)10-14(13)20-15/h2-3,10H,4-9H2,1H3,(H,18,24)(H,19,20). The molecular formula is C16H20ClN5O2. The number of nitrogens with zero attached hydrogens (tertiary/aromatic N) is 3. The summed E-state index contributed by atoms with van der Waals surface area (Å²) in [6, 6.07) is 5.40. The van der Waals surface area contributed by atoms with E-state index in [4.69, 9.17) is 11.6 Å². The molecule has 128 valence electrons. The second-order valence-electron chi connectivity index (χ2n) is 5.82. The normalized spacial score (nSPS) is 14.9. The number of benzene rings is 1. The smallest absolute Gasteiger partial charge is 0.317 e. The van der Waals surface area contributed by atoms with Gasteiger partial charge in [0.25, 0.3) is 0 Å². The quantitative estimate of drug-likeness (QED) is 0.883. The average molecular weight is 350 g/mol. The van der Waals surface area contributed by atoms with E-state index in [-0.39, 0.29) is 11.9 Å². The van der Waals surface area contributed by atoms with Gasteiger partial charge in [-0.25, -0.2) is 9.78 Å². The lowest BCUT2D eigenvalue weighted by Gasteiger charge is -2.34. The van der Waals surface area contributed by atoms with Crippen molar-refractivity contribution in [3.05, 3.63) is 29.0 Å². The first-order valence-corrected chi connectivity index (χ1v) is 8.33. The molecule has 0 saturated carbocycles. The van der Waals surface area contributed by atoms with Crippen molar-refractivity contribution < 1.29 is 9.59 Å². The van der Waals surface area contributed by atoms with E-state index in [9.17, 15) is 9.59 Å². The zero-order valence-corrected chi connectivity index (χ0v) is 14.3. The molecule has 1 aliphatic heterocycles. The van der Waals surface area contributed by atoms with Crippen LogP contribution >= 0.6 is 11.6 Å². The van der Waals surface area contributed by atoms with Crippen LogP contribution in [0.25, 0.3) is 11.0 Å². The Morgan fingerprint density at radius 3 is 2.67 bits per heavy atom. The highest BCUT2D eigenvalue weighted by Gasteiger charge is 2.21. The molecule has 1 fully saturated rings. The lowest BCUT2D eigenvalue weighted by molar-refractivity contribution is -0.130. The average Bonchev–Trinajstić information content (AvgIpc) is 2.96. The van der Waals surface area contributed by atoms with Gasteiger partial charge in [-0.05, 0) is 18.2 Å². The van der Waals surface area contributed by atoms with E-state index in [1.54, 1.807) is 22.8 Å². The Kier molecular flexibility index (Phi) is 4.89. The summed E-state index contributed by atoms with van der Waals surface area (Å²) >= 11 is 5.95. The van der Waals surface area contributed by atoms with Crippen LogP contribution in [-0.4, -0.2) is 64.4 Å². The monoisotopic (exact) mass is 349 g/mol. The van der Waals surface area contributed by atoms with Crippen LogP contribution in [0.3, 0.4) is 0 Å². The minimum atomic E-state index is -0.0997. The van der Waals surface area contributed by atoms with E-state index in [1.165, 1.54) is 0 Å². The van der Waals surface area contributed by atoms with Crippen LogP contribution in [0, 0.1) is 0 Å². The van der Waals surface area contributed by atoms with Crippen LogP contribution in [0.4, 0.5) is 4.79 Å². The second-order valence-corrected chi connectivity index (χ2v) is 6.26. The van der Waals surface area contributed by atoms with E-state index in [2.05, 4.69) is 15.3 Å². The SMILES string of the molecule is CC(=O)N1CCN(C(=O)NCCc2nc3ccc(Cl)cc3[nH]2)CC1. The van der Waals surface area contributed by atoms with E-state index in [0.29, 0.717) is 44.2 Å². The van der Waals surface area contributed by atoms with Crippen molar-refractivity contribution in [3.8, 4) is 0 Å². The van der Waals surface area contributed by atoms with Gasteiger partial charge in [0.2, 0.25) is 5.91 Å². The molecule has 0 aliphatic carbocycles. The zero-order valence-electron chi connectivity index (χ0n) is 13.5. The molecule has 0 radical (unpaired) electrons. The fraction of sp³-hybridized carbons (Fsp3) is 0.438. The van der Waals surface area contributed by atoms with E-state index >= 15 is 0 Å². The molecule has 2 N–H and O–H groups in total. The molecule has 2 aromatic rings. The fourth-order valence-electron chi connectivity index (χ4n) is 2.78. The summed E-state index contributed by atoms with van der Waals surface area (Å²) in [4.78, 5) is 34.6. The number of aromatic amines is 1. The number of urea groups is 1. The highest BCUT2D eigenvalue weighted by atomic mass is 35.5. The molecule has 0 unspecified atom stereocenters. The Balaban J connectivity index is 1.47. The van der Waals surface area contributed by atoms with Gasteiger partial charge in [0.05, 0.1) is 11.0 Å². The molecule has 3 rings (SSSR count). The van der Waals surface area contributed by atoms with Crippen molar-refractivity contribution in [1.29, 1.82) is 0 Å². The van der Waals surface area contributed by atoms with Crippen molar-refractivity contribution >= 4 is 34.6 Å². The molecule has 1 aromatic heterocycles. The molecule has 1 saturated heterocycles. The van der Waals surface area contributed by atoms with Gasteiger partial charge in [-0.1, -0.05) is 11.6 Å². The van der Waals surface area contributed by atoms with Crippen molar-refractivity contribution in [2.75, 3.05) is 32.7 Å². The predicted molar refractivity (Wildman–Crippen MR) is 92.0 cm³/mol. The first-order chi connectivity index (χ1) is 11.5. The maximum absolute atomic E-state index is 12.1. The molecular weight excluding hydrogens is 330 g/mol. The van der Waals surface area contributed by atoms with Gasteiger partial charge in [0.15, 0.2) is 0 Å². The highest BCUT2D eigenvalue weighted by molar-refractivity contribution is 6.31. The van der Waals surface area contributed by atoms with Crippen LogP contribution in [0.2, 0.25) is 5.02 Å². The molecule has 1 aromatic carbocycles. The molecule has 0 atom stereocenters. The Morgan fingerprint density at radius 2 is 1.96 bits per heavy atom. The lowest BCUT2D eigenvalue weighted by Crippen LogP contribution is -2.53. The summed E-state index contributed by atoms with van der Waals surface area (Å²) in [5.41, 5.74) is 1.75. The van der Waals surface area contributed by atoms with Crippen molar-refractivity contribution in [3.63, 3.8) is 0 Å². The topological polar surface area (TPSA) is 81.3 Å². The third kappa shape index (κ3) is 3.79. The van der Waals surface area contributed by atoms with E-state index < -0.39 is 0 Å². The number of aromatic nitrogens is 2. The number of piperazine rings is 1. The Bertz CT molecular complexity index is 752. The number of carbonyl (C=O) groups excluding carboxylic acids is 2. The van der Waals surface area contributed by atoms with Gasteiger partial charge in [-0.3, -0.25) is 4.79 Å². The minimum absolute atomic E-state index is 0.0556. The number of halogens is 1.